The Morgan fingerprint density at radius 3 is 2.55 bits per heavy atom. The van der Waals surface area contributed by atoms with Gasteiger partial charge in [0.05, 0.1) is 5.54 Å². The average Bonchev–Trinajstić information content (AvgIpc) is 2.74. The van der Waals surface area contributed by atoms with Gasteiger partial charge in [0.1, 0.15) is 5.70 Å². The molecule has 114 valence electrons. The van der Waals surface area contributed by atoms with Crippen molar-refractivity contribution in [1.29, 1.82) is 0 Å². The SMILES string of the molecule is CC1=CC(C)(C)N(C)c2ccc(/C=C3/NC(=O)NC3=O)cc21. The molecular weight excluding hydrogens is 278 g/mol. The van der Waals surface area contributed by atoms with E-state index in [0.717, 1.165) is 16.8 Å². The predicted molar refractivity (Wildman–Crippen MR) is 87.2 cm³/mol. The second-order valence-electron chi connectivity index (χ2n) is 6.28. The van der Waals surface area contributed by atoms with Crippen LogP contribution in [0.4, 0.5) is 10.5 Å². The van der Waals surface area contributed by atoms with Crippen molar-refractivity contribution in [2.75, 3.05) is 11.9 Å². The van der Waals surface area contributed by atoms with Crippen LogP contribution in [0.15, 0.2) is 30.0 Å². The Balaban J connectivity index is 2.02. The lowest BCUT2D eigenvalue weighted by atomic mass is 9.88. The summed E-state index contributed by atoms with van der Waals surface area (Å²) in [5.41, 5.74) is 4.63. The van der Waals surface area contributed by atoms with Crippen molar-refractivity contribution in [1.82, 2.24) is 10.6 Å². The number of hydrogen-bond donors (Lipinski definition) is 2. The summed E-state index contributed by atoms with van der Waals surface area (Å²) in [5, 5.41) is 4.70. The second-order valence-corrected chi connectivity index (χ2v) is 6.28. The molecule has 22 heavy (non-hydrogen) atoms. The van der Waals surface area contributed by atoms with Crippen LogP contribution in [0, 0.1) is 0 Å². The van der Waals surface area contributed by atoms with Gasteiger partial charge in [-0.2, -0.15) is 0 Å². The van der Waals surface area contributed by atoms with Crippen LogP contribution in [-0.2, 0) is 4.79 Å². The number of fused-ring (bicyclic) bond motifs is 1. The smallest absolute Gasteiger partial charge is 0.326 e. The van der Waals surface area contributed by atoms with Crippen LogP contribution in [0.25, 0.3) is 11.6 Å². The van der Waals surface area contributed by atoms with Crippen LogP contribution in [0.3, 0.4) is 0 Å². The molecule has 5 nitrogen and oxygen atoms in total. The molecule has 5 heteroatoms. The Bertz CT molecular complexity index is 744. The van der Waals surface area contributed by atoms with E-state index in [1.54, 1.807) is 6.08 Å². The highest BCUT2D eigenvalue weighted by Crippen LogP contribution is 2.38. The Kier molecular flexibility index (Phi) is 3.09. The van der Waals surface area contributed by atoms with Crippen LogP contribution in [0.1, 0.15) is 31.9 Å². The van der Waals surface area contributed by atoms with Gasteiger partial charge in [-0.05, 0) is 50.1 Å². The highest BCUT2D eigenvalue weighted by Gasteiger charge is 2.28. The molecule has 0 spiro atoms. The third-order valence-electron chi connectivity index (χ3n) is 4.27. The van der Waals surface area contributed by atoms with Crippen LogP contribution in [-0.4, -0.2) is 24.5 Å². The van der Waals surface area contributed by atoms with Crippen molar-refractivity contribution in [3.05, 3.63) is 41.1 Å². The standard InChI is InChI=1S/C17H19N3O2/c1-10-9-17(2,3)20(4)14-6-5-11(7-12(10)14)8-13-15(21)19-16(22)18-13/h5-9H,1-4H3,(H2,18,19,21,22)/b13-8+. The van der Waals surface area contributed by atoms with E-state index in [4.69, 9.17) is 0 Å². The van der Waals surface area contributed by atoms with Gasteiger partial charge in [-0.1, -0.05) is 12.1 Å². The van der Waals surface area contributed by atoms with Crippen molar-refractivity contribution >= 4 is 29.3 Å². The molecule has 0 bridgehead atoms. The number of likely N-dealkylation sites (N-methyl/N-ethyl adjacent to an activating group) is 1. The number of rotatable bonds is 1. The number of hydrogen-bond acceptors (Lipinski definition) is 3. The third-order valence-corrected chi connectivity index (χ3v) is 4.27. The highest BCUT2D eigenvalue weighted by molar-refractivity contribution is 6.14. The molecule has 1 aromatic rings. The maximum atomic E-state index is 11.6. The lowest BCUT2D eigenvalue weighted by molar-refractivity contribution is -0.115. The largest absolute Gasteiger partial charge is 0.366 e. The summed E-state index contributed by atoms with van der Waals surface area (Å²) >= 11 is 0. The van der Waals surface area contributed by atoms with E-state index in [1.165, 1.54) is 5.57 Å². The predicted octanol–water partition coefficient (Wildman–Crippen LogP) is 2.50. The normalized spacial score (nSPS) is 21.4. The first-order chi connectivity index (χ1) is 10.3. The number of anilines is 1. The number of nitrogens with zero attached hydrogens (tertiary/aromatic N) is 1. The summed E-state index contributed by atoms with van der Waals surface area (Å²) in [5.74, 6) is -0.395. The second kappa shape index (κ2) is 4.73. The number of amides is 3. The minimum absolute atomic E-state index is 0.0314. The monoisotopic (exact) mass is 297 g/mol. The summed E-state index contributed by atoms with van der Waals surface area (Å²) in [6.07, 6.45) is 3.92. The number of allylic oxidation sites excluding steroid dienone is 1. The van der Waals surface area contributed by atoms with Gasteiger partial charge in [-0.3, -0.25) is 10.1 Å². The molecule has 0 radical (unpaired) electrons. The highest BCUT2D eigenvalue weighted by atomic mass is 16.2. The van der Waals surface area contributed by atoms with Gasteiger partial charge in [0.25, 0.3) is 5.91 Å². The number of urea groups is 1. The molecule has 3 rings (SSSR count). The van der Waals surface area contributed by atoms with E-state index in [9.17, 15) is 9.59 Å². The van der Waals surface area contributed by atoms with E-state index in [2.05, 4.69) is 55.5 Å². The first-order valence-electron chi connectivity index (χ1n) is 7.20. The van der Waals surface area contributed by atoms with E-state index in [0.29, 0.717) is 0 Å². The summed E-state index contributed by atoms with van der Waals surface area (Å²) in [6, 6.07) is 5.56. The molecular formula is C17H19N3O2. The topological polar surface area (TPSA) is 61.4 Å². The lowest BCUT2D eigenvalue weighted by Crippen LogP contribution is -2.42. The van der Waals surface area contributed by atoms with E-state index in [1.807, 2.05) is 12.1 Å². The number of nitrogens with one attached hydrogen (secondary N) is 2. The van der Waals surface area contributed by atoms with Crippen LogP contribution in [0.5, 0.6) is 0 Å². The molecule has 2 aliphatic rings. The zero-order chi connectivity index (χ0) is 16.1. The van der Waals surface area contributed by atoms with Gasteiger partial charge in [0.15, 0.2) is 0 Å². The Morgan fingerprint density at radius 2 is 1.91 bits per heavy atom. The quantitative estimate of drug-likeness (QED) is 0.618. The number of carbonyl (C=O) groups is 2. The first kappa shape index (κ1) is 14.4. The van der Waals surface area contributed by atoms with Crippen molar-refractivity contribution < 1.29 is 9.59 Å². The molecule has 3 amide bonds. The maximum Gasteiger partial charge on any atom is 0.326 e. The molecule has 2 N–H and O–H groups in total. The van der Waals surface area contributed by atoms with Crippen molar-refractivity contribution in [3.63, 3.8) is 0 Å². The summed E-state index contributed by atoms with van der Waals surface area (Å²) in [6.45, 7) is 6.44. The molecule has 2 aliphatic heterocycles. The Labute approximate surface area is 129 Å². The lowest BCUT2D eigenvalue weighted by Gasteiger charge is -2.40. The van der Waals surface area contributed by atoms with Gasteiger partial charge < -0.3 is 10.2 Å². The number of imide groups is 1. The molecule has 0 atom stereocenters. The van der Waals surface area contributed by atoms with Gasteiger partial charge in [0, 0.05) is 18.3 Å². The summed E-state index contributed by atoms with van der Waals surface area (Å²) in [4.78, 5) is 25.0. The van der Waals surface area contributed by atoms with E-state index >= 15 is 0 Å². The fourth-order valence-corrected chi connectivity index (χ4v) is 2.92. The van der Waals surface area contributed by atoms with Gasteiger partial charge in [0.2, 0.25) is 0 Å². The first-order valence-corrected chi connectivity index (χ1v) is 7.20. The Morgan fingerprint density at radius 1 is 1.18 bits per heavy atom. The fraction of sp³-hybridized carbons (Fsp3) is 0.294. The minimum atomic E-state index is -0.480. The molecule has 0 unspecified atom stereocenters. The molecule has 1 saturated heterocycles. The van der Waals surface area contributed by atoms with Gasteiger partial charge in [-0.15, -0.1) is 0 Å². The van der Waals surface area contributed by atoms with Crippen LogP contribution in [0.2, 0.25) is 0 Å². The molecule has 1 fully saturated rings. The molecule has 0 aromatic heterocycles. The molecule has 1 aromatic carbocycles. The van der Waals surface area contributed by atoms with E-state index in [-0.39, 0.29) is 11.2 Å². The van der Waals surface area contributed by atoms with E-state index < -0.39 is 11.9 Å². The molecule has 0 aliphatic carbocycles. The van der Waals surface area contributed by atoms with Crippen molar-refractivity contribution in [2.45, 2.75) is 26.3 Å². The zero-order valence-electron chi connectivity index (χ0n) is 13.2. The maximum absolute atomic E-state index is 11.6. The summed E-state index contributed by atoms with van der Waals surface area (Å²) < 4.78 is 0. The van der Waals surface area contributed by atoms with Gasteiger partial charge in [-0.25, -0.2) is 4.79 Å². The Hall–Kier alpha value is -2.56. The molecule has 0 saturated carbocycles. The van der Waals surface area contributed by atoms with Crippen molar-refractivity contribution in [3.8, 4) is 0 Å². The average molecular weight is 297 g/mol. The van der Waals surface area contributed by atoms with Gasteiger partial charge >= 0.3 is 6.03 Å². The van der Waals surface area contributed by atoms with Crippen molar-refractivity contribution in [2.24, 2.45) is 0 Å². The minimum Gasteiger partial charge on any atom is -0.366 e. The molecule has 2 heterocycles. The summed E-state index contributed by atoms with van der Waals surface area (Å²) in [7, 11) is 2.07. The number of carbonyl (C=O) groups excluding carboxylic acids is 2. The fourth-order valence-electron chi connectivity index (χ4n) is 2.92. The zero-order valence-corrected chi connectivity index (χ0v) is 13.2. The third kappa shape index (κ3) is 2.28. The van der Waals surface area contributed by atoms with Crippen LogP contribution >= 0.6 is 0 Å². The number of benzene rings is 1. The van der Waals surface area contributed by atoms with Crippen LogP contribution < -0.4 is 15.5 Å².